The Morgan fingerprint density at radius 1 is 1.06 bits per heavy atom. The molecule has 168 valence electrons. The van der Waals surface area contributed by atoms with Crippen LogP contribution in [-0.4, -0.2) is 57.8 Å². The summed E-state index contributed by atoms with van der Waals surface area (Å²) in [7, 11) is 0. The molecule has 3 heterocycles. The topological polar surface area (TPSA) is 65.5 Å². The maximum atomic E-state index is 13.6. The molecule has 3 fully saturated rings. The highest BCUT2D eigenvalue weighted by molar-refractivity contribution is 6.30. The van der Waals surface area contributed by atoms with Gasteiger partial charge >= 0.3 is 0 Å². The third-order valence-corrected chi connectivity index (χ3v) is 7.36. The van der Waals surface area contributed by atoms with E-state index in [1.54, 1.807) is 12.4 Å². The second-order valence-corrected chi connectivity index (χ2v) is 9.85. The van der Waals surface area contributed by atoms with Gasteiger partial charge in [0.15, 0.2) is 0 Å². The summed E-state index contributed by atoms with van der Waals surface area (Å²) in [4.78, 5) is 35.5. The van der Waals surface area contributed by atoms with Crippen molar-refractivity contribution in [1.29, 1.82) is 0 Å². The summed E-state index contributed by atoms with van der Waals surface area (Å²) < 4.78 is 0. The molecule has 0 bridgehead atoms. The quantitative estimate of drug-likeness (QED) is 0.731. The summed E-state index contributed by atoms with van der Waals surface area (Å²) in [5.41, 5.74) is 1.45. The fourth-order valence-electron chi connectivity index (χ4n) is 5.02. The van der Waals surface area contributed by atoms with Crippen LogP contribution in [0.25, 0.3) is 0 Å². The van der Waals surface area contributed by atoms with Crippen molar-refractivity contribution in [3.63, 3.8) is 0 Å². The predicted octanol–water partition coefficient (Wildman–Crippen LogP) is 3.05. The summed E-state index contributed by atoms with van der Waals surface area (Å²) >= 11 is 6.01. The number of carbonyl (C=O) groups is 2. The monoisotopic (exact) mass is 452 g/mol. The van der Waals surface area contributed by atoms with Crippen molar-refractivity contribution < 1.29 is 9.59 Å². The number of amides is 2. The van der Waals surface area contributed by atoms with Gasteiger partial charge in [0.2, 0.25) is 11.8 Å². The van der Waals surface area contributed by atoms with Crippen molar-refractivity contribution in [2.24, 2.45) is 5.92 Å². The first kappa shape index (κ1) is 21.4. The lowest BCUT2D eigenvalue weighted by atomic mass is 9.81. The fraction of sp³-hybridized carbons (Fsp3) is 0.480. The van der Waals surface area contributed by atoms with Gasteiger partial charge in [0.05, 0.1) is 0 Å². The van der Waals surface area contributed by atoms with Crippen LogP contribution in [0.4, 0.5) is 0 Å². The van der Waals surface area contributed by atoms with Crippen LogP contribution >= 0.6 is 11.6 Å². The van der Waals surface area contributed by atoms with E-state index in [1.165, 1.54) is 5.56 Å². The largest absolute Gasteiger partial charge is 0.342 e. The third-order valence-electron chi connectivity index (χ3n) is 7.11. The molecule has 2 saturated heterocycles. The molecule has 0 radical (unpaired) electrons. The standard InChI is InChI=1S/C25H29ClN4O2/c26-21-7-5-18(6-8-21)16-29-12-9-25(10-13-29)24(32)28-22(14-20-2-1-11-27-15-20)23(31)30(25)17-19-3-4-19/h1-2,5-8,11,15,19,22H,3-4,9-10,12-14,16-17H2,(H,28,32)/t22-/m1/s1. The van der Waals surface area contributed by atoms with Gasteiger partial charge < -0.3 is 10.2 Å². The Kier molecular flexibility index (Phi) is 5.91. The van der Waals surface area contributed by atoms with Gasteiger partial charge in [-0.2, -0.15) is 0 Å². The second-order valence-electron chi connectivity index (χ2n) is 9.42. The highest BCUT2D eigenvalue weighted by atomic mass is 35.5. The number of hydrogen-bond donors (Lipinski definition) is 1. The van der Waals surface area contributed by atoms with E-state index in [0.717, 1.165) is 43.1 Å². The number of nitrogens with zero attached hydrogens (tertiary/aromatic N) is 3. The number of piperazine rings is 1. The zero-order valence-electron chi connectivity index (χ0n) is 18.2. The summed E-state index contributed by atoms with van der Waals surface area (Å²) in [5.74, 6) is 0.608. The van der Waals surface area contributed by atoms with E-state index in [2.05, 4.69) is 15.2 Å². The van der Waals surface area contributed by atoms with Crippen LogP contribution in [0.5, 0.6) is 0 Å². The van der Waals surface area contributed by atoms with Crippen molar-refractivity contribution in [3.8, 4) is 0 Å². The molecule has 5 rings (SSSR count). The number of aromatic nitrogens is 1. The lowest BCUT2D eigenvalue weighted by Crippen LogP contribution is -2.73. The van der Waals surface area contributed by atoms with Crippen LogP contribution in [0, 0.1) is 5.92 Å². The van der Waals surface area contributed by atoms with Gasteiger partial charge in [0.25, 0.3) is 0 Å². The van der Waals surface area contributed by atoms with Gasteiger partial charge in [-0.1, -0.05) is 29.8 Å². The molecule has 7 heteroatoms. The van der Waals surface area contributed by atoms with E-state index >= 15 is 0 Å². The van der Waals surface area contributed by atoms with E-state index in [1.807, 2.05) is 41.3 Å². The summed E-state index contributed by atoms with van der Waals surface area (Å²) in [5, 5.41) is 3.81. The lowest BCUT2D eigenvalue weighted by molar-refractivity contribution is -0.161. The normalized spacial score (nSPS) is 23.4. The number of hydrogen-bond acceptors (Lipinski definition) is 4. The third kappa shape index (κ3) is 4.39. The average Bonchev–Trinajstić information content (AvgIpc) is 3.63. The van der Waals surface area contributed by atoms with Crippen molar-refractivity contribution >= 4 is 23.4 Å². The second kappa shape index (κ2) is 8.83. The Morgan fingerprint density at radius 2 is 1.81 bits per heavy atom. The minimum Gasteiger partial charge on any atom is -0.342 e. The van der Waals surface area contributed by atoms with Crippen molar-refractivity contribution in [2.75, 3.05) is 19.6 Å². The summed E-state index contributed by atoms with van der Waals surface area (Å²) in [6.07, 6.45) is 7.61. The van der Waals surface area contributed by atoms with Crippen LogP contribution in [0.15, 0.2) is 48.8 Å². The minimum absolute atomic E-state index is 0.0118. The molecule has 2 aliphatic heterocycles. The van der Waals surface area contributed by atoms with Gasteiger partial charge in [-0.05, 0) is 60.9 Å². The first-order valence-electron chi connectivity index (χ1n) is 11.5. The zero-order chi connectivity index (χ0) is 22.1. The zero-order valence-corrected chi connectivity index (χ0v) is 18.9. The maximum absolute atomic E-state index is 13.6. The fourth-order valence-corrected chi connectivity index (χ4v) is 5.14. The van der Waals surface area contributed by atoms with Gasteiger partial charge in [0.1, 0.15) is 11.6 Å². The molecule has 1 atom stereocenters. The van der Waals surface area contributed by atoms with E-state index in [0.29, 0.717) is 31.7 Å². The van der Waals surface area contributed by atoms with Crippen molar-refractivity contribution in [1.82, 2.24) is 20.1 Å². The number of rotatable bonds is 6. The lowest BCUT2D eigenvalue weighted by Gasteiger charge is -2.51. The van der Waals surface area contributed by atoms with E-state index in [-0.39, 0.29) is 11.8 Å². The first-order chi connectivity index (χ1) is 15.5. The molecule has 6 nitrogen and oxygen atoms in total. The van der Waals surface area contributed by atoms with Crippen LogP contribution in [0.1, 0.15) is 36.8 Å². The smallest absolute Gasteiger partial charge is 0.246 e. The number of pyridine rings is 1. The van der Waals surface area contributed by atoms with Crippen LogP contribution in [0.3, 0.4) is 0 Å². The summed E-state index contributed by atoms with van der Waals surface area (Å²) in [6, 6.07) is 11.2. The molecular formula is C25H29ClN4O2. The molecule has 1 N–H and O–H groups in total. The molecule has 1 aromatic heterocycles. The van der Waals surface area contributed by atoms with Crippen LogP contribution in [-0.2, 0) is 22.6 Å². The molecule has 1 saturated carbocycles. The number of benzene rings is 1. The highest BCUT2D eigenvalue weighted by Crippen LogP contribution is 2.38. The number of piperidine rings is 1. The van der Waals surface area contributed by atoms with Crippen LogP contribution in [0.2, 0.25) is 5.02 Å². The predicted molar refractivity (Wildman–Crippen MR) is 123 cm³/mol. The molecule has 1 aromatic carbocycles. The number of likely N-dealkylation sites (tertiary alicyclic amines) is 1. The van der Waals surface area contributed by atoms with Gasteiger partial charge in [0, 0.05) is 50.0 Å². The molecule has 0 unspecified atom stereocenters. The highest BCUT2D eigenvalue weighted by Gasteiger charge is 2.54. The van der Waals surface area contributed by atoms with Gasteiger partial charge in [-0.15, -0.1) is 0 Å². The Labute approximate surface area is 193 Å². The molecule has 3 aliphatic rings. The SMILES string of the molecule is O=C1[C@@H](Cc2cccnc2)NC(=O)C2(CCN(Cc3ccc(Cl)cc3)CC2)N1CC1CC1. The molecular weight excluding hydrogens is 424 g/mol. The molecule has 1 spiro atoms. The van der Waals surface area contributed by atoms with E-state index < -0.39 is 11.6 Å². The van der Waals surface area contributed by atoms with Gasteiger partial charge in [-0.25, -0.2) is 0 Å². The van der Waals surface area contributed by atoms with Gasteiger partial charge in [-0.3, -0.25) is 19.5 Å². The minimum atomic E-state index is -0.721. The van der Waals surface area contributed by atoms with Crippen LogP contribution < -0.4 is 5.32 Å². The first-order valence-corrected chi connectivity index (χ1v) is 11.9. The Hall–Kier alpha value is -2.44. The average molecular weight is 453 g/mol. The van der Waals surface area contributed by atoms with E-state index in [9.17, 15) is 9.59 Å². The number of nitrogens with one attached hydrogen (secondary N) is 1. The summed E-state index contributed by atoms with van der Waals surface area (Å²) in [6.45, 7) is 3.11. The van der Waals surface area contributed by atoms with Crippen molar-refractivity contribution in [3.05, 3.63) is 64.9 Å². The number of halogens is 1. The van der Waals surface area contributed by atoms with E-state index in [4.69, 9.17) is 11.6 Å². The molecule has 2 aromatic rings. The molecule has 2 amide bonds. The Balaban J connectivity index is 1.30. The molecule has 1 aliphatic carbocycles. The number of carbonyl (C=O) groups excluding carboxylic acids is 2. The maximum Gasteiger partial charge on any atom is 0.246 e. The molecule has 32 heavy (non-hydrogen) atoms. The Bertz CT molecular complexity index is 969. The Morgan fingerprint density at radius 3 is 2.47 bits per heavy atom. The van der Waals surface area contributed by atoms with Crippen molar-refractivity contribution in [2.45, 2.75) is 50.2 Å².